The molecule has 0 fully saturated rings. The summed E-state index contributed by atoms with van der Waals surface area (Å²) in [4.78, 5) is 23.9. The molecule has 0 saturated carbocycles. The van der Waals surface area contributed by atoms with E-state index in [4.69, 9.17) is 0 Å². The molecule has 0 saturated heterocycles. The molecule has 0 spiro atoms. The van der Waals surface area contributed by atoms with Crippen LogP contribution in [0.25, 0.3) is 0 Å². The Bertz CT molecular complexity index is 691. The molecular formula is C18H20N2O2. The van der Waals surface area contributed by atoms with Gasteiger partial charge in [0.1, 0.15) is 0 Å². The number of hydrazine groups is 1. The lowest BCUT2D eigenvalue weighted by Gasteiger charge is -2.10. The monoisotopic (exact) mass is 296 g/mol. The number of rotatable bonds is 3. The van der Waals surface area contributed by atoms with E-state index in [-0.39, 0.29) is 18.2 Å². The molecule has 2 aromatic rings. The van der Waals surface area contributed by atoms with Crippen LogP contribution in [-0.4, -0.2) is 11.8 Å². The number of hydrogen-bond acceptors (Lipinski definition) is 2. The Hall–Kier alpha value is -2.62. The summed E-state index contributed by atoms with van der Waals surface area (Å²) in [7, 11) is 0. The van der Waals surface area contributed by atoms with E-state index in [2.05, 4.69) is 10.9 Å². The molecule has 0 atom stereocenters. The molecule has 0 aliphatic heterocycles. The molecule has 0 unspecified atom stereocenters. The molecule has 4 heteroatoms. The SMILES string of the molecule is Cc1ccc(CC(=O)NNC(=O)c2ccc(C)cc2C)cc1. The average molecular weight is 296 g/mol. The fourth-order valence-corrected chi connectivity index (χ4v) is 2.20. The largest absolute Gasteiger partial charge is 0.273 e. The minimum Gasteiger partial charge on any atom is -0.273 e. The first-order valence-electron chi connectivity index (χ1n) is 7.17. The number of benzene rings is 2. The molecular weight excluding hydrogens is 276 g/mol. The Labute approximate surface area is 130 Å². The number of amides is 2. The third-order valence-corrected chi connectivity index (χ3v) is 3.43. The van der Waals surface area contributed by atoms with Crippen molar-refractivity contribution in [2.45, 2.75) is 27.2 Å². The van der Waals surface area contributed by atoms with E-state index < -0.39 is 0 Å². The molecule has 114 valence electrons. The first kappa shape index (κ1) is 15.8. The van der Waals surface area contributed by atoms with Gasteiger partial charge in [0.15, 0.2) is 0 Å². The lowest BCUT2D eigenvalue weighted by Crippen LogP contribution is -2.42. The van der Waals surface area contributed by atoms with E-state index >= 15 is 0 Å². The van der Waals surface area contributed by atoms with Crippen molar-refractivity contribution in [3.8, 4) is 0 Å². The van der Waals surface area contributed by atoms with E-state index in [1.165, 1.54) is 0 Å². The Morgan fingerprint density at radius 2 is 1.50 bits per heavy atom. The van der Waals surface area contributed by atoms with Crippen LogP contribution in [0, 0.1) is 20.8 Å². The zero-order valence-electron chi connectivity index (χ0n) is 13.1. The number of hydrogen-bond donors (Lipinski definition) is 2. The molecule has 0 aromatic heterocycles. The van der Waals surface area contributed by atoms with Gasteiger partial charge < -0.3 is 0 Å². The van der Waals surface area contributed by atoms with E-state index in [9.17, 15) is 9.59 Å². The van der Waals surface area contributed by atoms with Crippen LogP contribution in [-0.2, 0) is 11.2 Å². The van der Waals surface area contributed by atoms with Gasteiger partial charge in [-0.15, -0.1) is 0 Å². The first-order chi connectivity index (χ1) is 10.5. The maximum atomic E-state index is 12.1. The fourth-order valence-electron chi connectivity index (χ4n) is 2.20. The van der Waals surface area contributed by atoms with Crippen LogP contribution in [0.2, 0.25) is 0 Å². The van der Waals surface area contributed by atoms with Crippen molar-refractivity contribution in [2.75, 3.05) is 0 Å². The topological polar surface area (TPSA) is 58.2 Å². The first-order valence-corrected chi connectivity index (χ1v) is 7.17. The minimum absolute atomic E-state index is 0.230. The summed E-state index contributed by atoms with van der Waals surface area (Å²) < 4.78 is 0. The Kier molecular flexibility index (Phi) is 4.94. The molecule has 4 nitrogen and oxygen atoms in total. The molecule has 2 N–H and O–H groups in total. The molecule has 0 bridgehead atoms. The second-order valence-corrected chi connectivity index (χ2v) is 5.48. The fraction of sp³-hybridized carbons (Fsp3) is 0.222. The summed E-state index contributed by atoms with van der Waals surface area (Å²) in [5.41, 5.74) is 9.48. The lowest BCUT2D eigenvalue weighted by molar-refractivity contribution is -0.121. The molecule has 22 heavy (non-hydrogen) atoms. The summed E-state index contributed by atoms with van der Waals surface area (Å²) in [6, 6.07) is 13.3. The van der Waals surface area contributed by atoms with E-state index in [1.54, 1.807) is 6.07 Å². The number of nitrogens with one attached hydrogen (secondary N) is 2. The van der Waals surface area contributed by atoms with Crippen molar-refractivity contribution < 1.29 is 9.59 Å². The Balaban J connectivity index is 1.90. The summed E-state index contributed by atoms with van der Waals surface area (Å²) in [5.74, 6) is -0.559. The molecule has 2 amide bonds. The van der Waals surface area contributed by atoms with E-state index in [0.717, 1.165) is 22.3 Å². The normalized spacial score (nSPS) is 10.1. The molecule has 0 aliphatic carbocycles. The molecule has 0 radical (unpaired) electrons. The maximum absolute atomic E-state index is 12.1. The third-order valence-electron chi connectivity index (χ3n) is 3.43. The highest BCUT2D eigenvalue weighted by molar-refractivity contribution is 5.96. The highest BCUT2D eigenvalue weighted by atomic mass is 16.2. The average Bonchev–Trinajstić information content (AvgIpc) is 2.47. The standard InChI is InChI=1S/C18H20N2O2/c1-12-4-7-15(8-5-12)11-17(21)19-20-18(22)16-9-6-13(2)10-14(16)3/h4-10H,11H2,1-3H3,(H,19,21)(H,20,22). The van der Waals surface area contributed by atoms with Gasteiger partial charge in [-0.2, -0.15) is 0 Å². The number of carbonyl (C=O) groups excluding carboxylic acids is 2. The highest BCUT2D eigenvalue weighted by Gasteiger charge is 2.10. The zero-order chi connectivity index (χ0) is 16.1. The van der Waals surface area contributed by atoms with Gasteiger partial charge in [0.05, 0.1) is 6.42 Å². The molecule has 0 aliphatic rings. The van der Waals surface area contributed by atoms with Crippen molar-refractivity contribution in [1.82, 2.24) is 10.9 Å². The van der Waals surface area contributed by atoms with E-state index in [1.807, 2.05) is 57.2 Å². The molecule has 2 rings (SSSR count). The molecule has 2 aromatic carbocycles. The third kappa shape index (κ3) is 4.19. The summed E-state index contributed by atoms with van der Waals surface area (Å²) in [6.07, 6.45) is 0.230. The van der Waals surface area contributed by atoms with E-state index in [0.29, 0.717) is 5.56 Å². The van der Waals surface area contributed by atoms with Crippen LogP contribution in [0.3, 0.4) is 0 Å². The van der Waals surface area contributed by atoms with Gasteiger partial charge in [-0.25, -0.2) is 0 Å². The predicted molar refractivity (Wildman–Crippen MR) is 86.4 cm³/mol. The smallest absolute Gasteiger partial charge is 0.269 e. The second-order valence-electron chi connectivity index (χ2n) is 5.48. The van der Waals surface area contributed by atoms with Crippen molar-refractivity contribution in [3.05, 3.63) is 70.3 Å². The van der Waals surface area contributed by atoms with Crippen LogP contribution < -0.4 is 10.9 Å². The van der Waals surface area contributed by atoms with Gasteiger partial charge >= 0.3 is 0 Å². The number of carbonyl (C=O) groups is 2. The number of aryl methyl sites for hydroxylation is 3. The van der Waals surface area contributed by atoms with Gasteiger partial charge in [-0.1, -0.05) is 47.5 Å². The Morgan fingerprint density at radius 1 is 0.864 bits per heavy atom. The summed E-state index contributed by atoms with van der Waals surface area (Å²) in [5, 5.41) is 0. The second kappa shape index (κ2) is 6.89. The van der Waals surface area contributed by atoms with Gasteiger partial charge in [0, 0.05) is 5.56 Å². The van der Waals surface area contributed by atoms with Crippen LogP contribution in [0.4, 0.5) is 0 Å². The van der Waals surface area contributed by atoms with Crippen LogP contribution >= 0.6 is 0 Å². The highest BCUT2D eigenvalue weighted by Crippen LogP contribution is 2.10. The summed E-state index contributed by atoms with van der Waals surface area (Å²) in [6.45, 7) is 5.84. The zero-order valence-corrected chi connectivity index (χ0v) is 13.1. The Morgan fingerprint density at radius 3 is 2.14 bits per heavy atom. The van der Waals surface area contributed by atoms with Crippen molar-refractivity contribution in [2.24, 2.45) is 0 Å². The van der Waals surface area contributed by atoms with Crippen LogP contribution in [0.15, 0.2) is 42.5 Å². The van der Waals surface area contributed by atoms with Gasteiger partial charge in [0.25, 0.3) is 5.91 Å². The van der Waals surface area contributed by atoms with Crippen LogP contribution in [0.5, 0.6) is 0 Å². The van der Waals surface area contributed by atoms with Gasteiger partial charge in [-0.05, 0) is 38.0 Å². The maximum Gasteiger partial charge on any atom is 0.269 e. The summed E-state index contributed by atoms with van der Waals surface area (Å²) >= 11 is 0. The van der Waals surface area contributed by atoms with Crippen molar-refractivity contribution in [1.29, 1.82) is 0 Å². The van der Waals surface area contributed by atoms with Gasteiger partial charge in [-0.3, -0.25) is 20.4 Å². The molecule has 0 heterocycles. The quantitative estimate of drug-likeness (QED) is 0.855. The van der Waals surface area contributed by atoms with Gasteiger partial charge in [0.2, 0.25) is 5.91 Å². The van der Waals surface area contributed by atoms with Crippen molar-refractivity contribution in [3.63, 3.8) is 0 Å². The predicted octanol–water partition coefficient (Wildman–Crippen LogP) is 2.62. The minimum atomic E-state index is -0.310. The lowest BCUT2D eigenvalue weighted by atomic mass is 10.1. The van der Waals surface area contributed by atoms with Crippen LogP contribution in [0.1, 0.15) is 32.6 Å². The van der Waals surface area contributed by atoms with Crippen molar-refractivity contribution >= 4 is 11.8 Å².